The quantitative estimate of drug-likeness (QED) is 0.577. The molecule has 27 heavy (non-hydrogen) atoms. The van der Waals surface area contributed by atoms with E-state index in [1.807, 2.05) is 19.1 Å². The largest absolute Gasteiger partial charge is 0.451 e. The van der Waals surface area contributed by atoms with Crippen LogP contribution in [0.1, 0.15) is 53.0 Å². The van der Waals surface area contributed by atoms with Gasteiger partial charge in [0.15, 0.2) is 6.10 Å². The van der Waals surface area contributed by atoms with Crippen molar-refractivity contribution in [3.05, 3.63) is 65.2 Å². The third-order valence-corrected chi connectivity index (χ3v) is 4.79. The normalized spacial score (nSPS) is 14.9. The molecular formula is C22H23NO4. The molecule has 0 saturated carbocycles. The second-order valence-corrected chi connectivity index (χ2v) is 6.66. The fourth-order valence-corrected chi connectivity index (χ4v) is 3.12. The first kappa shape index (κ1) is 18.8. The summed E-state index contributed by atoms with van der Waals surface area (Å²) in [5, 5.41) is 0. The zero-order chi connectivity index (χ0) is 19.4. The van der Waals surface area contributed by atoms with Gasteiger partial charge < -0.3 is 9.64 Å². The van der Waals surface area contributed by atoms with Crippen LogP contribution in [0.4, 0.5) is 5.69 Å². The fourth-order valence-electron chi connectivity index (χ4n) is 3.12. The number of amides is 1. The van der Waals surface area contributed by atoms with Crippen LogP contribution in [0.25, 0.3) is 0 Å². The van der Waals surface area contributed by atoms with E-state index in [-0.39, 0.29) is 11.7 Å². The van der Waals surface area contributed by atoms with Crippen LogP contribution in [0.2, 0.25) is 0 Å². The topological polar surface area (TPSA) is 63.7 Å². The number of benzene rings is 2. The van der Waals surface area contributed by atoms with Gasteiger partial charge in [0.25, 0.3) is 0 Å². The molecule has 1 aliphatic heterocycles. The van der Waals surface area contributed by atoms with Crippen LogP contribution in [0.3, 0.4) is 0 Å². The van der Waals surface area contributed by atoms with Crippen LogP contribution < -0.4 is 4.90 Å². The zero-order valence-electron chi connectivity index (χ0n) is 15.6. The highest BCUT2D eigenvalue weighted by atomic mass is 16.5. The molecule has 2 aromatic rings. The van der Waals surface area contributed by atoms with Gasteiger partial charge in [-0.1, -0.05) is 31.2 Å². The first-order chi connectivity index (χ1) is 13.0. The summed E-state index contributed by atoms with van der Waals surface area (Å²) in [6, 6.07) is 14.0. The number of hydrogen-bond acceptors (Lipinski definition) is 4. The van der Waals surface area contributed by atoms with E-state index in [9.17, 15) is 14.4 Å². The van der Waals surface area contributed by atoms with Gasteiger partial charge in [0.05, 0.1) is 5.56 Å². The summed E-state index contributed by atoms with van der Waals surface area (Å²) in [5.41, 5.74) is 2.80. The number of anilines is 1. The van der Waals surface area contributed by atoms with Crippen molar-refractivity contribution in [1.29, 1.82) is 0 Å². The fraction of sp³-hybridized carbons (Fsp3) is 0.318. The van der Waals surface area contributed by atoms with E-state index in [0.717, 1.165) is 24.1 Å². The van der Waals surface area contributed by atoms with Gasteiger partial charge in [0.1, 0.15) is 0 Å². The van der Waals surface area contributed by atoms with Crippen molar-refractivity contribution in [3.63, 3.8) is 0 Å². The van der Waals surface area contributed by atoms with Crippen LogP contribution in [-0.2, 0) is 16.0 Å². The monoisotopic (exact) mass is 365 g/mol. The second kappa shape index (κ2) is 8.16. The first-order valence-electron chi connectivity index (χ1n) is 9.24. The zero-order valence-corrected chi connectivity index (χ0v) is 15.6. The Bertz CT molecular complexity index is 840. The second-order valence-electron chi connectivity index (χ2n) is 6.66. The molecule has 140 valence electrons. The van der Waals surface area contributed by atoms with E-state index >= 15 is 0 Å². The maximum atomic E-state index is 12.5. The van der Waals surface area contributed by atoms with Gasteiger partial charge >= 0.3 is 5.97 Å². The molecule has 1 saturated heterocycles. The van der Waals surface area contributed by atoms with Gasteiger partial charge in [-0.2, -0.15) is 0 Å². The van der Waals surface area contributed by atoms with Crippen molar-refractivity contribution in [2.24, 2.45) is 0 Å². The third-order valence-electron chi connectivity index (χ3n) is 4.79. The summed E-state index contributed by atoms with van der Waals surface area (Å²) in [6.45, 7) is 4.32. The highest BCUT2D eigenvalue weighted by Gasteiger charge is 2.23. The average molecular weight is 365 g/mol. The maximum Gasteiger partial charge on any atom is 0.338 e. The summed E-state index contributed by atoms with van der Waals surface area (Å²) in [7, 11) is 0. The minimum atomic E-state index is -0.871. The molecular weight excluding hydrogens is 342 g/mol. The molecule has 0 aliphatic carbocycles. The van der Waals surface area contributed by atoms with Crippen molar-refractivity contribution in [3.8, 4) is 0 Å². The molecule has 5 heteroatoms. The molecule has 1 heterocycles. The minimum Gasteiger partial charge on any atom is -0.451 e. The minimum absolute atomic E-state index is 0.0960. The summed E-state index contributed by atoms with van der Waals surface area (Å²) >= 11 is 0. The molecule has 1 fully saturated rings. The first-order valence-corrected chi connectivity index (χ1v) is 9.24. The Kier molecular flexibility index (Phi) is 5.69. The molecule has 5 nitrogen and oxygen atoms in total. The Morgan fingerprint density at radius 1 is 1.04 bits per heavy atom. The Labute approximate surface area is 158 Å². The van der Waals surface area contributed by atoms with Gasteiger partial charge in [-0.3, -0.25) is 9.59 Å². The summed E-state index contributed by atoms with van der Waals surface area (Å²) in [5.74, 6) is -0.691. The summed E-state index contributed by atoms with van der Waals surface area (Å²) in [4.78, 5) is 38.3. The maximum absolute atomic E-state index is 12.5. The molecule has 0 spiro atoms. The third kappa shape index (κ3) is 4.25. The number of carbonyl (C=O) groups excluding carboxylic acids is 3. The van der Waals surface area contributed by atoms with Gasteiger partial charge in [-0.05, 0) is 49.6 Å². The lowest BCUT2D eigenvalue weighted by Gasteiger charge is -2.16. The molecule has 1 amide bonds. The lowest BCUT2D eigenvalue weighted by Crippen LogP contribution is -2.25. The van der Waals surface area contributed by atoms with Crippen molar-refractivity contribution in [2.45, 2.75) is 39.2 Å². The highest BCUT2D eigenvalue weighted by Crippen LogP contribution is 2.22. The molecule has 1 unspecified atom stereocenters. The molecule has 3 rings (SSSR count). The van der Waals surface area contributed by atoms with E-state index in [0.29, 0.717) is 24.1 Å². The molecule has 0 bridgehead atoms. The number of Topliss-reactive ketones (excluding diaryl/α,β-unsaturated/α-hetero) is 1. The van der Waals surface area contributed by atoms with Crippen molar-refractivity contribution in [1.82, 2.24) is 0 Å². The SMILES string of the molecule is CCc1ccc(C(=O)C(C)OC(=O)c2ccc(N3CCCC3=O)cc2)cc1. The number of ether oxygens (including phenoxy) is 1. The van der Waals surface area contributed by atoms with E-state index in [4.69, 9.17) is 4.74 Å². The molecule has 0 N–H and O–H groups in total. The van der Waals surface area contributed by atoms with Crippen LogP contribution in [0.5, 0.6) is 0 Å². The van der Waals surface area contributed by atoms with Crippen molar-refractivity contribution >= 4 is 23.3 Å². The van der Waals surface area contributed by atoms with Gasteiger partial charge in [0.2, 0.25) is 11.7 Å². The number of esters is 1. The molecule has 0 radical (unpaired) electrons. The van der Waals surface area contributed by atoms with Crippen LogP contribution >= 0.6 is 0 Å². The van der Waals surface area contributed by atoms with E-state index < -0.39 is 12.1 Å². The van der Waals surface area contributed by atoms with Crippen LogP contribution in [0.15, 0.2) is 48.5 Å². The van der Waals surface area contributed by atoms with Crippen LogP contribution in [0, 0.1) is 0 Å². The number of hydrogen-bond donors (Lipinski definition) is 0. The van der Waals surface area contributed by atoms with E-state index in [2.05, 4.69) is 0 Å². The Morgan fingerprint density at radius 2 is 1.67 bits per heavy atom. The molecule has 0 aromatic heterocycles. The number of aryl methyl sites for hydroxylation is 1. The average Bonchev–Trinajstić information content (AvgIpc) is 3.13. The summed E-state index contributed by atoms with van der Waals surface area (Å²) in [6.07, 6.45) is 1.44. The molecule has 1 atom stereocenters. The Morgan fingerprint density at radius 3 is 2.22 bits per heavy atom. The Hall–Kier alpha value is -2.95. The lowest BCUT2D eigenvalue weighted by molar-refractivity contribution is -0.117. The van der Waals surface area contributed by atoms with Crippen molar-refractivity contribution in [2.75, 3.05) is 11.4 Å². The molecule has 2 aromatic carbocycles. The van der Waals surface area contributed by atoms with Gasteiger partial charge in [-0.25, -0.2) is 4.79 Å². The van der Waals surface area contributed by atoms with Crippen molar-refractivity contribution < 1.29 is 19.1 Å². The Balaban J connectivity index is 1.63. The lowest BCUT2D eigenvalue weighted by atomic mass is 10.0. The number of carbonyl (C=O) groups is 3. The standard InChI is InChI=1S/C22H23NO4/c1-3-16-6-8-17(9-7-16)21(25)15(2)27-22(26)18-10-12-19(13-11-18)23-14-4-5-20(23)24/h6-13,15H,3-5,14H2,1-2H3. The molecule has 1 aliphatic rings. The number of ketones is 1. The predicted octanol–water partition coefficient (Wildman–Crippen LogP) is 3.80. The van der Waals surface area contributed by atoms with E-state index in [1.54, 1.807) is 48.2 Å². The smallest absolute Gasteiger partial charge is 0.338 e. The highest BCUT2D eigenvalue weighted by molar-refractivity contribution is 6.01. The van der Waals surface area contributed by atoms with Gasteiger partial charge in [0, 0.05) is 24.2 Å². The predicted molar refractivity (Wildman–Crippen MR) is 103 cm³/mol. The number of nitrogens with zero attached hydrogens (tertiary/aromatic N) is 1. The summed E-state index contributed by atoms with van der Waals surface area (Å²) < 4.78 is 5.33. The van der Waals surface area contributed by atoms with E-state index in [1.165, 1.54) is 0 Å². The van der Waals surface area contributed by atoms with Crippen LogP contribution in [-0.4, -0.2) is 30.3 Å². The van der Waals surface area contributed by atoms with Gasteiger partial charge in [-0.15, -0.1) is 0 Å². The number of rotatable bonds is 6.